The van der Waals surface area contributed by atoms with Crippen molar-refractivity contribution in [1.82, 2.24) is 14.8 Å². The number of rotatable bonds is 5. The van der Waals surface area contributed by atoms with Crippen LogP contribution < -0.4 is 0 Å². The molecule has 1 heterocycles. The fourth-order valence-electron chi connectivity index (χ4n) is 1.70. The molecule has 0 radical (unpaired) electrons. The SMILES string of the molecule is CCN(CC)C(=O)CN(C)C(=O)c1nc(Cl)ccc1Cl. The van der Waals surface area contributed by atoms with Crippen LogP contribution in [0.3, 0.4) is 0 Å². The molecule has 2 amide bonds. The molecule has 7 heteroatoms. The van der Waals surface area contributed by atoms with Crippen LogP contribution in [0, 0.1) is 0 Å². The lowest BCUT2D eigenvalue weighted by atomic mass is 10.3. The smallest absolute Gasteiger partial charge is 0.274 e. The van der Waals surface area contributed by atoms with Crippen molar-refractivity contribution in [2.45, 2.75) is 13.8 Å². The Bertz CT molecular complexity index is 504. The molecule has 0 bridgehead atoms. The molecule has 20 heavy (non-hydrogen) atoms. The minimum atomic E-state index is -0.432. The van der Waals surface area contributed by atoms with E-state index in [1.165, 1.54) is 24.1 Å². The quantitative estimate of drug-likeness (QED) is 0.783. The van der Waals surface area contributed by atoms with E-state index in [0.29, 0.717) is 13.1 Å². The number of aromatic nitrogens is 1. The Balaban J connectivity index is 2.82. The summed E-state index contributed by atoms with van der Waals surface area (Å²) in [6.07, 6.45) is 0. The van der Waals surface area contributed by atoms with Gasteiger partial charge in [0.25, 0.3) is 5.91 Å². The van der Waals surface area contributed by atoms with E-state index in [4.69, 9.17) is 23.2 Å². The van der Waals surface area contributed by atoms with Crippen molar-refractivity contribution in [2.75, 3.05) is 26.7 Å². The molecule has 0 saturated carbocycles. The highest BCUT2D eigenvalue weighted by Gasteiger charge is 2.21. The van der Waals surface area contributed by atoms with Crippen LogP contribution in [-0.4, -0.2) is 53.3 Å². The van der Waals surface area contributed by atoms with Crippen molar-refractivity contribution in [3.63, 3.8) is 0 Å². The number of pyridine rings is 1. The minimum Gasteiger partial charge on any atom is -0.342 e. The van der Waals surface area contributed by atoms with E-state index in [2.05, 4.69) is 4.98 Å². The molecule has 1 aromatic heterocycles. The second-order valence-corrected chi connectivity index (χ2v) is 4.99. The van der Waals surface area contributed by atoms with Gasteiger partial charge in [-0.15, -0.1) is 0 Å². The molecule has 110 valence electrons. The van der Waals surface area contributed by atoms with Gasteiger partial charge in [0.05, 0.1) is 11.6 Å². The van der Waals surface area contributed by atoms with Crippen LogP contribution in [0.25, 0.3) is 0 Å². The van der Waals surface area contributed by atoms with Crippen LogP contribution in [0.1, 0.15) is 24.3 Å². The lowest BCUT2D eigenvalue weighted by Crippen LogP contribution is -2.41. The molecule has 0 aliphatic rings. The second-order valence-electron chi connectivity index (χ2n) is 4.19. The van der Waals surface area contributed by atoms with Gasteiger partial charge in [0.15, 0.2) is 0 Å². The fraction of sp³-hybridized carbons (Fsp3) is 0.462. The monoisotopic (exact) mass is 317 g/mol. The predicted molar refractivity (Wildman–Crippen MR) is 79.1 cm³/mol. The topological polar surface area (TPSA) is 53.5 Å². The van der Waals surface area contributed by atoms with Gasteiger partial charge in [0.1, 0.15) is 10.8 Å². The van der Waals surface area contributed by atoms with Gasteiger partial charge in [-0.3, -0.25) is 9.59 Å². The normalized spacial score (nSPS) is 10.2. The molecule has 1 rings (SSSR count). The summed E-state index contributed by atoms with van der Waals surface area (Å²) in [4.78, 5) is 31.0. The van der Waals surface area contributed by atoms with E-state index in [0.717, 1.165) is 0 Å². The Kier molecular flexibility index (Phi) is 6.23. The third-order valence-electron chi connectivity index (χ3n) is 2.85. The van der Waals surface area contributed by atoms with Gasteiger partial charge in [-0.2, -0.15) is 0 Å². The number of halogens is 2. The predicted octanol–water partition coefficient (Wildman–Crippen LogP) is 2.33. The number of carbonyl (C=O) groups excluding carboxylic acids is 2. The van der Waals surface area contributed by atoms with Gasteiger partial charge in [-0.25, -0.2) is 4.98 Å². The summed E-state index contributed by atoms with van der Waals surface area (Å²) < 4.78 is 0. The largest absolute Gasteiger partial charge is 0.342 e. The van der Waals surface area contributed by atoms with E-state index in [9.17, 15) is 9.59 Å². The van der Waals surface area contributed by atoms with Gasteiger partial charge in [-0.05, 0) is 26.0 Å². The first kappa shape index (κ1) is 16.7. The average Bonchev–Trinajstić information content (AvgIpc) is 2.42. The Hall–Kier alpha value is -1.33. The summed E-state index contributed by atoms with van der Waals surface area (Å²) in [7, 11) is 1.53. The average molecular weight is 318 g/mol. The Morgan fingerprint density at radius 3 is 2.35 bits per heavy atom. The van der Waals surface area contributed by atoms with E-state index in [1.54, 1.807) is 4.90 Å². The molecule has 0 N–H and O–H groups in total. The Labute approximate surface area is 128 Å². The molecular formula is C13H17Cl2N3O2. The Morgan fingerprint density at radius 1 is 1.20 bits per heavy atom. The van der Waals surface area contributed by atoms with E-state index in [1.807, 2.05) is 13.8 Å². The molecular weight excluding hydrogens is 301 g/mol. The summed E-state index contributed by atoms with van der Waals surface area (Å²) in [6, 6.07) is 3.01. The van der Waals surface area contributed by atoms with Crippen LogP contribution in [0.4, 0.5) is 0 Å². The zero-order valence-corrected chi connectivity index (χ0v) is 13.2. The van der Waals surface area contributed by atoms with Crippen molar-refractivity contribution in [1.29, 1.82) is 0 Å². The van der Waals surface area contributed by atoms with Gasteiger partial charge < -0.3 is 9.80 Å². The Morgan fingerprint density at radius 2 is 1.80 bits per heavy atom. The first-order valence-corrected chi connectivity index (χ1v) is 7.01. The molecule has 0 fully saturated rings. The van der Waals surface area contributed by atoms with Gasteiger partial charge in [0, 0.05) is 20.1 Å². The maximum atomic E-state index is 12.2. The van der Waals surface area contributed by atoms with Crippen molar-refractivity contribution in [2.24, 2.45) is 0 Å². The standard InChI is InChI=1S/C13H17Cl2N3O2/c1-4-18(5-2)11(19)8-17(3)13(20)12-9(14)6-7-10(15)16-12/h6-7H,4-5,8H2,1-3H3. The summed E-state index contributed by atoms with van der Waals surface area (Å²) in [5.74, 6) is -0.554. The van der Waals surface area contributed by atoms with Crippen LogP contribution >= 0.6 is 23.2 Å². The maximum Gasteiger partial charge on any atom is 0.274 e. The zero-order chi connectivity index (χ0) is 15.3. The number of hydrogen-bond acceptors (Lipinski definition) is 3. The number of amides is 2. The fourth-order valence-corrected chi connectivity index (χ4v) is 2.03. The number of likely N-dealkylation sites (N-methyl/N-ethyl adjacent to an activating group) is 2. The molecule has 0 aromatic carbocycles. The van der Waals surface area contributed by atoms with Crippen molar-refractivity contribution >= 4 is 35.0 Å². The molecule has 0 aliphatic heterocycles. The third-order valence-corrected chi connectivity index (χ3v) is 3.37. The highest BCUT2D eigenvalue weighted by atomic mass is 35.5. The van der Waals surface area contributed by atoms with Gasteiger partial charge in [0.2, 0.25) is 5.91 Å². The summed E-state index contributed by atoms with van der Waals surface area (Å²) in [5.41, 5.74) is 0.0500. The summed E-state index contributed by atoms with van der Waals surface area (Å²) in [6.45, 7) is 4.96. The third kappa shape index (κ3) is 4.08. The minimum absolute atomic E-state index is 0.0228. The molecule has 0 atom stereocenters. The van der Waals surface area contributed by atoms with Crippen LogP contribution in [-0.2, 0) is 4.79 Å². The maximum absolute atomic E-state index is 12.2. The van der Waals surface area contributed by atoms with Crippen LogP contribution in [0.2, 0.25) is 10.2 Å². The van der Waals surface area contributed by atoms with Crippen LogP contribution in [0.5, 0.6) is 0 Å². The van der Waals surface area contributed by atoms with E-state index in [-0.39, 0.29) is 28.3 Å². The van der Waals surface area contributed by atoms with Gasteiger partial charge >= 0.3 is 0 Å². The summed E-state index contributed by atoms with van der Waals surface area (Å²) in [5, 5.41) is 0.391. The highest BCUT2D eigenvalue weighted by molar-refractivity contribution is 6.34. The zero-order valence-electron chi connectivity index (χ0n) is 11.7. The van der Waals surface area contributed by atoms with E-state index < -0.39 is 5.91 Å². The molecule has 0 spiro atoms. The second kappa shape index (κ2) is 7.45. The molecule has 0 saturated heterocycles. The first-order valence-electron chi connectivity index (χ1n) is 6.25. The molecule has 0 aliphatic carbocycles. The molecule has 1 aromatic rings. The van der Waals surface area contributed by atoms with E-state index >= 15 is 0 Å². The highest BCUT2D eigenvalue weighted by Crippen LogP contribution is 2.18. The first-order chi connectivity index (χ1) is 9.40. The molecule has 0 unspecified atom stereocenters. The summed E-state index contributed by atoms with van der Waals surface area (Å²) >= 11 is 11.7. The van der Waals surface area contributed by atoms with Crippen molar-refractivity contribution < 1.29 is 9.59 Å². The van der Waals surface area contributed by atoms with Gasteiger partial charge in [-0.1, -0.05) is 23.2 Å². The number of nitrogens with zero attached hydrogens (tertiary/aromatic N) is 3. The van der Waals surface area contributed by atoms with Crippen molar-refractivity contribution in [3.8, 4) is 0 Å². The molecule has 5 nitrogen and oxygen atoms in total. The van der Waals surface area contributed by atoms with Crippen molar-refractivity contribution in [3.05, 3.63) is 28.0 Å². The lowest BCUT2D eigenvalue weighted by molar-refractivity contribution is -0.131. The van der Waals surface area contributed by atoms with Crippen LogP contribution in [0.15, 0.2) is 12.1 Å². The number of hydrogen-bond donors (Lipinski definition) is 0. The lowest BCUT2D eigenvalue weighted by Gasteiger charge is -2.23. The number of carbonyl (C=O) groups is 2.